The summed E-state index contributed by atoms with van der Waals surface area (Å²) in [4.78, 5) is 15.1. The van der Waals surface area contributed by atoms with E-state index in [0.717, 1.165) is 30.1 Å². The van der Waals surface area contributed by atoms with Crippen LogP contribution < -0.4 is 0 Å². The smallest absolute Gasteiger partial charge is 0.143 e. The summed E-state index contributed by atoms with van der Waals surface area (Å²) in [5.74, 6) is 0.258. The fourth-order valence-corrected chi connectivity index (χ4v) is 4.09. The molecule has 0 amide bonds. The Hall–Kier alpha value is -1.94. The minimum atomic E-state index is 0.258. The van der Waals surface area contributed by atoms with E-state index in [1.54, 1.807) is 10.9 Å². The van der Waals surface area contributed by atoms with Gasteiger partial charge >= 0.3 is 0 Å². The molecule has 1 aliphatic heterocycles. The molecule has 1 fully saturated rings. The number of Topliss-reactive ketones (excluding diaryl/α,β-unsaturated/α-hetero) is 1. The van der Waals surface area contributed by atoms with Crippen LogP contribution in [0.1, 0.15) is 41.6 Å². The summed E-state index contributed by atoms with van der Waals surface area (Å²) in [7, 11) is 1.89. The average Bonchev–Trinajstić information content (AvgIpc) is 2.82. The quantitative estimate of drug-likeness (QED) is 0.842. The van der Waals surface area contributed by atoms with Crippen molar-refractivity contribution in [1.29, 1.82) is 0 Å². The maximum Gasteiger partial charge on any atom is 0.143 e. The van der Waals surface area contributed by atoms with Crippen molar-refractivity contribution in [2.24, 2.45) is 7.05 Å². The lowest BCUT2D eigenvalue weighted by Crippen LogP contribution is -2.41. The minimum Gasteiger partial charge on any atom is -0.300 e. The van der Waals surface area contributed by atoms with Crippen LogP contribution in [0.2, 0.25) is 0 Å². The van der Waals surface area contributed by atoms with Crippen molar-refractivity contribution in [2.75, 3.05) is 13.1 Å². The molecule has 0 spiro atoms. The highest BCUT2D eigenvalue weighted by Crippen LogP contribution is 2.27. The number of aromatic nitrogens is 2. The number of aryl methyl sites for hydroxylation is 1. The van der Waals surface area contributed by atoms with E-state index in [9.17, 15) is 4.79 Å². The van der Waals surface area contributed by atoms with E-state index in [1.165, 1.54) is 43.5 Å². The standard InChI is InChI=1S/C21H27N3O/c1-23-20(7-10-22-23)15-21(25)14-16-5-6-17-8-11-24(19-3-2-4-19)12-9-18(17)13-16/h5-7,10,13,19H,2-4,8-9,11-12,14-15H2,1H3. The van der Waals surface area contributed by atoms with Crippen LogP contribution in [0.5, 0.6) is 0 Å². The number of ketones is 1. The molecular weight excluding hydrogens is 310 g/mol. The van der Waals surface area contributed by atoms with E-state index in [4.69, 9.17) is 0 Å². The minimum absolute atomic E-state index is 0.258. The Labute approximate surface area is 149 Å². The summed E-state index contributed by atoms with van der Waals surface area (Å²) in [6.45, 7) is 2.36. The first-order valence-electron chi connectivity index (χ1n) is 9.52. The van der Waals surface area contributed by atoms with Gasteiger partial charge in [-0.25, -0.2) is 0 Å². The molecule has 0 atom stereocenters. The molecule has 4 rings (SSSR count). The summed E-state index contributed by atoms with van der Waals surface area (Å²) in [5.41, 5.74) is 5.07. The molecule has 1 saturated carbocycles. The van der Waals surface area contributed by atoms with Gasteiger partial charge in [0.15, 0.2) is 0 Å². The van der Waals surface area contributed by atoms with Crippen molar-refractivity contribution in [3.05, 3.63) is 52.8 Å². The number of carbonyl (C=O) groups is 1. The van der Waals surface area contributed by atoms with Gasteiger partial charge in [0.05, 0.1) is 0 Å². The van der Waals surface area contributed by atoms with E-state index in [2.05, 4.69) is 28.2 Å². The second-order valence-corrected chi connectivity index (χ2v) is 7.56. The van der Waals surface area contributed by atoms with Crippen molar-refractivity contribution in [2.45, 2.75) is 51.0 Å². The average molecular weight is 337 g/mol. The van der Waals surface area contributed by atoms with Crippen LogP contribution in [0.15, 0.2) is 30.5 Å². The largest absolute Gasteiger partial charge is 0.300 e. The van der Waals surface area contributed by atoms with E-state index in [1.807, 2.05) is 13.1 Å². The third-order valence-electron chi connectivity index (χ3n) is 5.90. The molecule has 2 heterocycles. The molecule has 1 aliphatic carbocycles. The Bertz CT molecular complexity index is 760. The molecule has 0 radical (unpaired) electrons. The molecular formula is C21H27N3O. The van der Waals surface area contributed by atoms with E-state index >= 15 is 0 Å². The first kappa shape index (κ1) is 16.5. The van der Waals surface area contributed by atoms with Gasteiger partial charge in [-0.05, 0) is 48.4 Å². The van der Waals surface area contributed by atoms with Crippen LogP contribution in [0.4, 0.5) is 0 Å². The van der Waals surface area contributed by atoms with Gasteiger partial charge in [0, 0.05) is 50.9 Å². The normalized spacial score (nSPS) is 18.4. The molecule has 0 bridgehead atoms. The molecule has 2 aliphatic rings. The lowest BCUT2D eigenvalue weighted by molar-refractivity contribution is -0.117. The Morgan fingerprint density at radius 2 is 1.92 bits per heavy atom. The van der Waals surface area contributed by atoms with E-state index in [0.29, 0.717) is 12.8 Å². The van der Waals surface area contributed by atoms with Crippen LogP contribution in [0.25, 0.3) is 0 Å². The fourth-order valence-electron chi connectivity index (χ4n) is 4.09. The van der Waals surface area contributed by atoms with Crippen LogP contribution in [0, 0.1) is 0 Å². The van der Waals surface area contributed by atoms with Crippen molar-refractivity contribution in [3.63, 3.8) is 0 Å². The number of hydrogen-bond acceptors (Lipinski definition) is 3. The van der Waals surface area contributed by atoms with Gasteiger partial charge in [0.2, 0.25) is 0 Å². The molecule has 25 heavy (non-hydrogen) atoms. The summed E-state index contributed by atoms with van der Waals surface area (Å²) in [5, 5.41) is 4.14. The summed E-state index contributed by atoms with van der Waals surface area (Å²) < 4.78 is 1.78. The van der Waals surface area contributed by atoms with E-state index < -0.39 is 0 Å². The molecule has 1 aromatic carbocycles. The van der Waals surface area contributed by atoms with Crippen molar-refractivity contribution in [3.8, 4) is 0 Å². The predicted molar refractivity (Wildman–Crippen MR) is 98.7 cm³/mol. The number of hydrogen-bond donors (Lipinski definition) is 0. The number of fused-ring (bicyclic) bond motifs is 1. The number of rotatable bonds is 5. The zero-order chi connectivity index (χ0) is 17.2. The Kier molecular flexibility index (Phi) is 4.71. The summed E-state index contributed by atoms with van der Waals surface area (Å²) in [6, 6.07) is 9.44. The van der Waals surface area contributed by atoms with Gasteiger partial charge in [0.1, 0.15) is 5.78 Å². The third kappa shape index (κ3) is 3.69. The van der Waals surface area contributed by atoms with Crippen molar-refractivity contribution in [1.82, 2.24) is 14.7 Å². The highest BCUT2D eigenvalue weighted by molar-refractivity contribution is 5.82. The summed E-state index contributed by atoms with van der Waals surface area (Å²) in [6.07, 6.45) is 9.16. The van der Waals surface area contributed by atoms with Crippen LogP contribution in [0.3, 0.4) is 0 Å². The van der Waals surface area contributed by atoms with Crippen LogP contribution in [-0.4, -0.2) is 39.6 Å². The van der Waals surface area contributed by atoms with Crippen molar-refractivity contribution >= 4 is 5.78 Å². The maximum atomic E-state index is 12.4. The van der Waals surface area contributed by atoms with Crippen molar-refractivity contribution < 1.29 is 4.79 Å². The fraction of sp³-hybridized carbons (Fsp3) is 0.524. The molecule has 4 heteroatoms. The number of nitrogens with zero attached hydrogens (tertiary/aromatic N) is 3. The first-order valence-corrected chi connectivity index (χ1v) is 9.52. The highest BCUT2D eigenvalue weighted by Gasteiger charge is 2.26. The second kappa shape index (κ2) is 7.12. The molecule has 0 unspecified atom stereocenters. The van der Waals surface area contributed by atoms with Gasteiger partial charge in [0.25, 0.3) is 0 Å². The lowest BCUT2D eigenvalue weighted by atomic mass is 9.91. The lowest BCUT2D eigenvalue weighted by Gasteiger charge is -2.36. The summed E-state index contributed by atoms with van der Waals surface area (Å²) >= 11 is 0. The Morgan fingerprint density at radius 3 is 2.60 bits per heavy atom. The van der Waals surface area contributed by atoms with Gasteiger partial charge in [-0.15, -0.1) is 0 Å². The van der Waals surface area contributed by atoms with Gasteiger partial charge in [-0.2, -0.15) is 5.10 Å². The first-order chi connectivity index (χ1) is 12.2. The zero-order valence-electron chi connectivity index (χ0n) is 15.1. The molecule has 2 aromatic rings. The number of carbonyl (C=O) groups excluding carboxylic acids is 1. The van der Waals surface area contributed by atoms with Crippen LogP contribution in [-0.2, 0) is 37.5 Å². The van der Waals surface area contributed by atoms with E-state index in [-0.39, 0.29) is 5.78 Å². The second-order valence-electron chi connectivity index (χ2n) is 7.56. The zero-order valence-corrected chi connectivity index (χ0v) is 15.1. The predicted octanol–water partition coefficient (Wildman–Crippen LogP) is 2.73. The molecule has 0 N–H and O–H groups in total. The molecule has 132 valence electrons. The van der Waals surface area contributed by atoms with Gasteiger partial charge in [-0.1, -0.05) is 24.6 Å². The Morgan fingerprint density at radius 1 is 1.12 bits per heavy atom. The molecule has 0 saturated heterocycles. The van der Waals surface area contributed by atoms with Gasteiger partial charge in [-0.3, -0.25) is 14.4 Å². The maximum absolute atomic E-state index is 12.4. The SMILES string of the molecule is Cn1nccc1CC(=O)Cc1ccc2c(c1)CCN(C1CCC1)CC2. The molecule has 1 aromatic heterocycles. The monoisotopic (exact) mass is 337 g/mol. The number of benzene rings is 1. The van der Waals surface area contributed by atoms with Crippen LogP contribution >= 0.6 is 0 Å². The molecule has 4 nitrogen and oxygen atoms in total. The third-order valence-corrected chi connectivity index (χ3v) is 5.90. The van der Waals surface area contributed by atoms with Gasteiger partial charge < -0.3 is 0 Å². The highest BCUT2D eigenvalue weighted by atomic mass is 16.1. The topological polar surface area (TPSA) is 38.1 Å². The Balaban J connectivity index is 1.40.